The average Bonchev–Trinajstić information content (AvgIpc) is 3.16. The minimum atomic E-state index is -0.783. The number of likely N-dealkylation sites (tertiary alicyclic amines) is 1. The van der Waals surface area contributed by atoms with Crippen molar-refractivity contribution in [1.29, 1.82) is 0 Å². The number of benzene rings is 2. The first-order valence-corrected chi connectivity index (χ1v) is 11.5. The van der Waals surface area contributed by atoms with Gasteiger partial charge in [-0.25, -0.2) is 4.79 Å². The number of carbonyl (C=O) groups is 3. The van der Waals surface area contributed by atoms with Crippen LogP contribution in [0.15, 0.2) is 48.5 Å². The van der Waals surface area contributed by atoms with Crippen molar-refractivity contribution in [3.8, 4) is 11.1 Å². The largest absolute Gasteiger partial charge is 0.481 e. The van der Waals surface area contributed by atoms with Crippen molar-refractivity contribution in [3.05, 3.63) is 59.7 Å². The van der Waals surface area contributed by atoms with Crippen molar-refractivity contribution >= 4 is 18.0 Å². The summed E-state index contributed by atoms with van der Waals surface area (Å²) in [5.41, 5.74) is 4.58. The highest BCUT2D eigenvalue weighted by Gasteiger charge is 2.61. The molecule has 0 spiro atoms. The molecule has 1 heterocycles. The number of hydrogen-bond donors (Lipinski definition) is 2. The number of carboxylic acids is 1. The third kappa shape index (κ3) is 3.75. The normalized spacial score (nSPS) is 23.5. The lowest BCUT2D eigenvalue weighted by atomic mass is 9.98. The second-order valence-corrected chi connectivity index (χ2v) is 9.63. The van der Waals surface area contributed by atoms with Crippen LogP contribution in [0.1, 0.15) is 30.9 Å². The fourth-order valence-corrected chi connectivity index (χ4v) is 5.55. The van der Waals surface area contributed by atoms with Crippen LogP contribution in [0.4, 0.5) is 4.79 Å². The Morgan fingerprint density at radius 3 is 2.06 bits per heavy atom. The highest BCUT2D eigenvalue weighted by molar-refractivity contribution is 5.87. The molecule has 3 atom stereocenters. The van der Waals surface area contributed by atoms with Gasteiger partial charge < -0.3 is 20.1 Å². The van der Waals surface area contributed by atoms with Crippen molar-refractivity contribution in [2.75, 3.05) is 19.7 Å². The minimum absolute atomic E-state index is 0.0358. The third-order valence-electron chi connectivity index (χ3n) is 7.34. The van der Waals surface area contributed by atoms with Gasteiger partial charge in [-0.15, -0.1) is 0 Å². The molecular weight excluding hydrogens is 420 g/mol. The van der Waals surface area contributed by atoms with E-state index in [4.69, 9.17) is 4.74 Å². The molecule has 33 heavy (non-hydrogen) atoms. The topological polar surface area (TPSA) is 95.9 Å². The first-order chi connectivity index (χ1) is 15.9. The molecule has 2 aromatic rings. The molecule has 172 valence electrons. The number of carboxylic acid groups (broad SMARTS) is 1. The van der Waals surface area contributed by atoms with Crippen LogP contribution in [-0.4, -0.2) is 53.7 Å². The van der Waals surface area contributed by atoms with Gasteiger partial charge in [0.2, 0.25) is 5.91 Å². The molecule has 3 aliphatic rings. The summed E-state index contributed by atoms with van der Waals surface area (Å²) in [5.74, 6) is -1.38. The summed E-state index contributed by atoms with van der Waals surface area (Å²) >= 11 is 0. The highest BCUT2D eigenvalue weighted by atomic mass is 16.5. The molecule has 0 aromatic heterocycles. The summed E-state index contributed by atoms with van der Waals surface area (Å²) in [4.78, 5) is 38.6. The molecule has 2 aliphatic carbocycles. The van der Waals surface area contributed by atoms with Gasteiger partial charge in [0, 0.05) is 19.0 Å². The minimum Gasteiger partial charge on any atom is -0.481 e. The van der Waals surface area contributed by atoms with Gasteiger partial charge in [-0.2, -0.15) is 0 Å². The van der Waals surface area contributed by atoms with Crippen molar-refractivity contribution < 1.29 is 24.2 Å². The molecule has 2 amide bonds. The number of aliphatic carboxylic acids is 1. The van der Waals surface area contributed by atoms with Gasteiger partial charge in [0.1, 0.15) is 12.6 Å². The van der Waals surface area contributed by atoms with E-state index in [-0.39, 0.29) is 42.1 Å². The Morgan fingerprint density at radius 1 is 1.00 bits per heavy atom. The zero-order valence-corrected chi connectivity index (χ0v) is 18.7. The van der Waals surface area contributed by atoms with E-state index < -0.39 is 18.1 Å². The van der Waals surface area contributed by atoms with E-state index in [0.29, 0.717) is 13.1 Å². The molecule has 0 bridgehead atoms. The maximum absolute atomic E-state index is 13.1. The first-order valence-electron chi connectivity index (χ1n) is 11.5. The third-order valence-corrected chi connectivity index (χ3v) is 7.34. The molecule has 2 aromatic carbocycles. The van der Waals surface area contributed by atoms with E-state index in [9.17, 15) is 19.5 Å². The van der Waals surface area contributed by atoms with Crippen LogP contribution in [-0.2, 0) is 14.3 Å². The summed E-state index contributed by atoms with van der Waals surface area (Å²) < 4.78 is 5.61. The molecule has 7 heteroatoms. The second kappa shape index (κ2) is 8.21. The fraction of sp³-hybridized carbons (Fsp3) is 0.423. The predicted octanol–water partition coefficient (Wildman–Crippen LogP) is 3.34. The Balaban J connectivity index is 1.21. The molecule has 1 saturated carbocycles. The standard InChI is InChI=1S/C26H28N2O5/c1-14(2)23(24(29)28-11-19-20(12-28)22(19)25(30)31)27-26(32)33-13-21-17-9-5-3-7-15(17)16-8-4-6-10-18(16)21/h3-10,14,19-23H,11-13H2,1-2H3,(H,27,32)(H,30,31)/t19?,20?,22?,23-/m1/s1. The molecule has 2 fully saturated rings. The van der Waals surface area contributed by atoms with Crippen molar-refractivity contribution in [1.82, 2.24) is 10.2 Å². The lowest BCUT2D eigenvalue weighted by Crippen LogP contribution is -2.51. The lowest BCUT2D eigenvalue weighted by Gasteiger charge is -2.28. The van der Waals surface area contributed by atoms with Gasteiger partial charge in [-0.1, -0.05) is 62.4 Å². The Hall–Kier alpha value is -3.35. The quantitative estimate of drug-likeness (QED) is 0.707. The molecule has 1 aliphatic heterocycles. The lowest BCUT2D eigenvalue weighted by molar-refractivity contribution is -0.141. The van der Waals surface area contributed by atoms with Crippen LogP contribution in [0.5, 0.6) is 0 Å². The van der Waals surface area contributed by atoms with Gasteiger partial charge in [0.25, 0.3) is 0 Å². The summed E-state index contributed by atoms with van der Waals surface area (Å²) in [5, 5.41) is 12.0. The molecular formula is C26H28N2O5. The van der Waals surface area contributed by atoms with E-state index in [0.717, 1.165) is 22.3 Å². The monoisotopic (exact) mass is 448 g/mol. The number of alkyl carbamates (subject to hydrolysis) is 1. The van der Waals surface area contributed by atoms with Gasteiger partial charge in [0.05, 0.1) is 5.92 Å². The number of fused-ring (bicyclic) bond motifs is 4. The first kappa shape index (κ1) is 21.5. The number of nitrogens with one attached hydrogen (secondary N) is 1. The van der Waals surface area contributed by atoms with Gasteiger partial charge >= 0.3 is 12.1 Å². The van der Waals surface area contributed by atoms with E-state index in [1.807, 2.05) is 38.1 Å². The summed E-state index contributed by atoms with van der Waals surface area (Å²) in [6.07, 6.45) is -0.614. The molecule has 0 radical (unpaired) electrons. The Morgan fingerprint density at radius 2 is 1.55 bits per heavy atom. The summed E-state index contributed by atoms with van der Waals surface area (Å²) in [7, 11) is 0. The number of carbonyl (C=O) groups excluding carboxylic acids is 2. The molecule has 2 unspecified atom stereocenters. The number of ether oxygens (including phenoxy) is 1. The molecule has 2 N–H and O–H groups in total. The molecule has 7 nitrogen and oxygen atoms in total. The molecule has 1 saturated heterocycles. The highest BCUT2D eigenvalue weighted by Crippen LogP contribution is 2.52. The Kier molecular flexibility index (Phi) is 5.35. The SMILES string of the molecule is CC(C)[C@@H](NC(=O)OCC1c2ccccc2-c2ccccc21)C(=O)N1CC2C(C1)C2C(=O)O. The van der Waals surface area contributed by atoms with Gasteiger partial charge in [-0.3, -0.25) is 9.59 Å². The van der Waals surface area contributed by atoms with E-state index >= 15 is 0 Å². The molecule has 5 rings (SSSR count). The number of amides is 2. The van der Waals surface area contributed by atoms with Crippen molar-refractivity contribution in [3.63, 3.8) is 0 Å². The summed E-state index contributed by atoms with van der Waals surface area (Å²) in [6.45, 7) is 4.82. The van der Waals surface area contributed by atoms with Crippen LogP contribution >= 0.6 is 0 Å². The Labute approximate surface area is 192 Å². The zero-order valence-electron chi connectivity index (χ0n) is 18.7. The van der Waals surface area contributed by atoms with Crippen LogP contribution in [0.3, 0.4) is 0 Å². The van der Waals surface area contributed by atoms with Crippen LogP contribution in [0, 0.1) is 23.7 Å². The van der Waals surface area contributed by atoms with Crippen LogP contribution in [0.2, 0.25) is 0 Å². The van der Waals surface area contributed by atoms with E-state index in [2.05, 4.69) is 29.6 Å². The number of piperidine rings is 1. The predicted molar refractivity (Wildman–Crippen MR) is 122 cm³/mol. The van der Waals surface area contributed by atoms with Crippen LogP contribution in [0.25, 0.3) is 11.1 Å². The summed E-state index contributed by atoms with van der Waals surface area (Å²) in [6, 6.07) is 15.6. The Bertz CT molecular complexity index is 1060. The van der Waals surface area contributed by atoms with Gasteiger partial charge in [0.15, 0.2) is 0 Å². The van der Waals surface area contributed by atoms with Gasteiger partial charge in [-0.05, 0) is 40.0 Å². The van der Waals surface area contributed by atoms with E-state index in [1.165, 1.54) is 0 Å². The number of nitrogens with zero attached hydrogens (tertiary/aromatic N) is 1. The second-order valence-electron chi connectivity index (χ2n) is 9.63. The van der Waals surface area contributed by atoms with Crippen LogP contribution < -0.4 is 5.32 Å². The average molecular weight is 449 g/mol. The maximum atomic E-state index is 13.1. The fourth-order valence-electron chi connectivity index (χ4n) is 5.55. The van der Waals surface area contributed by atoms with E-state index in [1.54, 1.807) is 4.90 Å². The maximum Gasteiger partial charge on any atom is 0.407 e. The smallest absolute Gasteiger partial charge is 0.407 e. The number of rotatable bonds is 6. The number of hydrogen-bond acceptors (Lipinski definition) is 4. The van der Waals surface area contributed by atoms with Crippen molar-refractivity contribution in [2.24, 2.45) is 23.7 Å². The van der Waals surface area contributed by atoms with Crippen molar-refractivity contribution in [2.45, 2.75) is 25.8 Å². The zero-order chi connectivity index (χ0) is 23.3.